The molecule has 0 aliphatic carbocycles. The third-order valence-electron chi connectivity index (χ3n) is 7.98. The first-order valence-corrected chi connectivity index (χ1v) is 14.0. The van der Waals surface area contributed by atoms with E-state index in [4.69, 9.17) is 25.7 Å². The Hall–Kier alpha value is -3.18. The lowest BCUT2D eigenvalue weighted by atomic mass is 9.87. The molecule has 0 bridgehead atoms. The number of aromatic nitrogens is 1. The third kappa shape index (κ3) is 7.07. The number of anilines is 2. The highest BCUT2D eigenvalue weighted by molar-refractivity contribution is 5.73. The first kappa shape index (κ1) is 28.8. The van der Waals surface area contributed by atoms with E-state index in [1.165, 1.54) is 17.2 Å². The van der Waals surface area contributed by atoms with Crippen LogP contribution in [0.25, 0.3) is 0 Å². The molecule has 5 rings (SSSR count). The lowest BCUT2D eigenvalue weighted by Gasteiger charge is -2.37. The number of likely N-dealkylation sites (tertiary alicyclic amines) is 1. The topological polar surface area (TPSA) is 66.9 Å². The quantitative estimate of drug-likeness (QED) is 0.317. The summed E-state index contributed by atoms with van der Waals surface area (Å²) in [6, 6.07) is 7.14. The maximum absolute atomic E-state index is 9.06. The van der Waals surface area contributed by atoms with E-state index in [2.05, 4.69) is 66.8 Å². The largest absolute Gasteiger partial charge is 0.485 e. The van der Waals surface area contributed by atoms with Crippen LogP contribution < -0.4 is 10.1 Å². The lowest BCUT2D eigenvalue weighted by molar-refractivity contribution is -0.104. The molecule has 2 fully saturated rings. The molecule has 1 aromatic heterocycles. The smallest absolute Gasteiger partial charge is 0.158 e. The van der Waals surface area contributed by atoms with Crippen LogP contribution in [-0.4, -0.2) is 74.1 Å². The zero-order valence-corrected chi connectivity index (χ0v) is 23.6. The van der Waals surface area contributed by atoms with Crippen LogP contribution in [0.4, 0.5) is 11.5 Å². The molecule has 7 nitrogen and oxygen atoms in total. The minimum absolute atomic E-state index is 0.478. The summed E-state index contributed by atoms with van der Waals surface area (Å²) in [5, 5.41) is 3.61. The summed E-state index contributed by atoms with van der Waals surface area (Å²) in [4.78, 5) is 18.6. The maximum Gasteiger partial charge on any atom is 0.158 e. The molecule has 1 N–H and O–H groups in total. The second-order valence-corrected chi connectivity index (χ2v) is 10.9. The van der Waals surface area contributed by atoms with Gasteiger partial charge in [-0.1, -0.05) is 12.5 Å². The Kier molecular flexibility index (Phi) is 10.2. The minimum Gasteiger partial charge on any atom is -0.485 e. The molecule has 1 unspecified atom stereocenters. The number of carbonyl (C=O) groups excluding carboxylic acids is 1. The molecule has 7 heteroatoms. The van der Waals surface area contributed by atoms with Gasteiger partial charge in [-0.25, -0.2) is 4.98 Å². The predicted molar refractivity (Wildman–Crippen MR) is 157 cm³/mol. The molecule has 0 amide bonds. The summed E-state index contributed by atoms with van der Waals surface area (Å²) in [6.07, 6.45) is 14.1. The van der Waals surface area contributed by atoms with Crippen LogP contribution >= 0.6 is 0 Å². The Labute approximate surface area is 233 Å². The van der Waals surface area contributed by atoms with E-state index in [9.17, 15) is 0 Å². The van der Waals surface area contributed by atoms with Gasteiger partial charge in [0.1, 0.15) is 18.7 Å². The van der Waals surface area contributed by atoms with Gasteiger partial charge in [0.25, 0.3) is 0 Å². The van der Waals surface area contributed by atoms with Crippen molar-refractivity contribution in [1.82, 2.24) is 14.8 Å². The number of allylic oxidation sites excluding steroid dienone is 1. The molecule has 3 aliphatic heterocycles. The van der Waals surface area contributed by atoms with Gasteiger partial charge in [0.2, 0.25) is 0 Å². The Morgan fingerprint density at radius 2 is 1.95 bits per heavy atom. The molecule has 208 valence electrons. The Morgan fingerprint density at radius 1 is 1.23 bits per heavy atom. The number of rotatable bonds is 6. The van der Waals surface area contributed by atoms with Gasteiger partial charge < -0.3 is 19.7 Å². The number of hydrogen-bond donors (Lipinski definition) is 1. The van der Waals surface area contributed by atoms with Crippen molar-refractivity contribution >= 4 is 17.8 Å². The van der Waals surface area contributed by atoms with Gasteiger partial charge in [0.15, 0.2) is 5.75 Å². The van der Waals surface area contributed by atoms with Gasteiger partial charge in [0, 0.05) is 37.6 Å². The van der Waals surface area contributed by atoms with Gasteiger partial charge in [-0.3, -0.25) is 9.69 Å². The molecule has 2 aromatic rings. The monoisotopic (exact) mass is 530 g/mol. The number of nitrogens with one attached hydrogen (secondary N) is 1. The number of aldehydes is 1. The summed E-state index contributed by atoms with van der Waals surface area (Å²) >= 11 is 0. The van der Waals surface area contributed by atoms with Crippen molar-refractivity contribution in [2.75, 3.05) is 52.3 Å². The van der Waals surface area contributed by atoms with Crippen molar-refractivity contribution in [2.24, 2.45) is 0 Å². The second-order valence-electron chi connectivity index (χ2n) is 10.9. The highest BCUT2D eigenvalue weighted by atomic mass is 16.5. The van der Waals surface area contributed by atoms with Crippen molar-refractivity contribution in [3.8, 4) is 18.1 Å². The fraction of sp³-hybridized carbons (Fsp3) is 0.500. The Morgan fingerprint density at radius 3 is 2.59 bits per heavy atom. The van der Waals surface area contributed by atoms with Gasteiger partial charge in [-0.05, 0) is 107 Å². The first-order valence-electron chi connectivity index (χ1n) is 14.0. The lowest BCUT2D eigenvalue weighted by Crippen LogP contribution is -2.44. The molecule has 2 saturated heterocycles. The highest BCUT2D eigenvalue weighted by Crippen LogP contribution is 2.42. The number of hydrogen-bond acceptors (Lipinski definition) is 7. The molecular formula is C32H42N4O3. The number of piperidine rings is 1. The van der Waals surface area contributed by atoms with Crippen LogP contribution in [0.3, 0.4) is 0 Å². The van der Waals surface area contributed by atoms with E-state index in [1.54, 1.807) is 0 Å². The SMILES string of the molecule is C#Cc1cc(C2CCN(C(C)CN(C)C)CC2)cc2c1OCc1c(C3CCOCC3)ccnc1N2.C=CC=O. The molecule has 0 saturated carbocycles. The highest BCUT2D eigenvalue weighted by Gasteiger charge is 2.28. The van der Waals surface area contributed by atoms with E-state index in [0.29, 0.717) is 30.8 Å². The molecule has 39 heavy (non-hydrogen) atoms. The van der Waals surface area contributed by atoms with Gasteiger partial charge in [-0.2, -0.15) is 0 Å². The number of terminal acetylenes is 1. The molecule has 3 aliphatic rings. The van der Waals surface area contributed by atoms with Crippen LogP contribution in [0.5, 0.6) is 5.75 Å². The molecule has 0 spiro atoms. The first-order chi connectivity index (χ1) is 18.9. The molecule has 0 radical (unpaired) electrons. The van der Waals surface area contributed by atoms with Crippen LogP contribution in [0.1, 0.15) is 66.7 Å². The molecule has 4 heterocycles. The third-order valence-corrected chi connectivity index (χ3v) is 7.98. The van der Waals surface area contributed by atoms with Crippen molar-refractivity contribution < 1.29 is 14.3 Å². The minimum atomic E-state index is 0.478. The molecule has 1 aromatic carbocycles. The van der Waals surface area contributed by atoms with E-state index >= 15 is 0 Å². The summed E-state index contributed by atoms with van der Waals surface area (Å²) in [7, 11) is 4.30. The standard InChI is InChI=1S/C29H38N4O2.C3H4O/c1-5-21-16-24(22-7-12-33(13-8-22)20(2)18-32(3)4)17-27-28(21)35-19-26-25(6-11-30-29(26)31-27)23-9-14-34-15-10-23;1-2-3-4/h1,6,11,16-17,20,22-23H,7-10,12-15,18-19H2,2-4H3,(H,30,31);2-3H,1H2. The summed E-state index contributed by atoms with van der Waals surface area (Å²) in [5.74, 6) is 5.54. The second kappa shape index (κ2) is 13.7. The number of ether oxygens (including phenoxy) is 2. The fourth-order valence-corrected chi connectivity index (χ4v) is 5.99. The molecular weight excluding hydrogens is 488 g/mol. The summed E-state index contributed by atoms with van der Waals surface area (Å²) < 4.78 is 12.0. The maximum atomic E-state index is 9.06. The van der Waals surface area contributed by atoms with Crippen molar-refractivity contribution in [3.05, 3.63) is 59.3 Å². The van der Waals surface area contributed by atoms with Crippen LogP contribution in [-0.2, 0) is 16.1 Å². The number of fused-ring (bicyclic) bond motifs is 2. The van der Waals surface area contributed by atoms with Crippen molar-refractivity contribution in [3.63, 3.8) is 0 Å². The zero-order chi connectivity index (χ0) is 27.8. The predicted octanol–water partition coefficient (Wildman–Crippen LogP) is 5.09. The number of nitrogens with zero attached hydrogens (tertiary/aromatic N) is 3. The van der Waals surface area contributed by atoms with Crippen molar-refractivity contribution in [1.29, 1.82) is 0 Å². The zero-order valence-electron chi connectivity index (χ0n) is 23.6. The van der Waals surface area contributed by atoms with Gasteiger partial charge >= 0.3 is 0 Å². The van der Waals surface area contributed by atoms with Crippen LogP contribution in [0, 0.1) is 12.3 Å². The van der Waals surface area contributed by atoms with E-state index in [-0.39, 0.29) is 0 Å². The fourth-order valence-electron chi connectivity index (χ4n) is 5.99. The number of benzene rings is 1. The number of likely N-dealkylation sites (N-methyl/N-ethyl adjacent to an activating group) is 1. The van der Waals surface area contributed by atoms with E-state index in [0.717, 1.165) is 86.9 Å². The number of carbonyl (C=O) groups is 1. The molecule has 1 atom stereocenters. The van der Waals surface area contributed by atoms with Crippen LogP contribution in [0.2, 0.25) is 0 Å². The van der Waals surface area contributed by atoms with E-state index in [1.807, 2.05) is 6.20 Å². The summed E-state index contributed by atoms with van der Waals surface area (Å²) in [5.41, 5.74) is 5.53. The normalized spacial score (nSPS) is 18.6. The Bertz CT molecular complexity index is 1170. The average molecular weight is 531 g/mol. The van der Waals surface area contributed by atoms with Crippen molar-refractivity contribution in [2.45, 2.75) is 57.1 Å². The number of pyridine rings is 1. The van der Waals surface area contributed by atoms with E-state index < -0.39 is 0 Å². The summed E-state index contributed by atoms with van der Waals surface area (Å²) in [6.45, 7) is 10.9. The Balaban J connectivity index is 0.000000826. The van der Waals surface area contributed by atoms with Crippen LogP contribution in [0.15, 0.2) is 37.1 Å². The van der Waals surface area contributed by atoms with Gasteiger partial charge in [0.05, 0.1) is 11.3 Å². The average Bonchev–Trinajstić information content (AvgIpc) is 3.16. The van der Waals surface area contributed by atoms with Gasteiger partial charge in [-0.15, -0.1) is 6.42 Å².